The van der Waals surface area contributed by atoms with E-state index in [0.717, 1.165) is 16.7 Å². The van der Waals surface area contributed by atoms with Gasteiger partial charge in [0.1, 0.15) is 24.2 Å². The van der Waals surface area contributed by atoms with Crippen LogP contribution in [-0.2, 0) is 39.8 Å². The first-order chi connectivity index (χ1) is 28.4. The van der Waals surface area contributed by atoms with Crippen molar-refractivity contribution >= 4 is 45.4 Å². The molecule has 1 amide bonds. The zero-order valence-corrected chi connectivity index (χ0v) is 37.2. The first-order valence-corrected chi connectivity index (χ1v) is 21.7. The zero-order valence-electron chi connectivity index (χ0n) is 37.2. The van der Waals surface area contributed by atoms with Crippen molar-refractivity contribution in [1.29, 1.82) is 0 Å². The van der Waals surface area contributed by atoms with Crippen LogP contribution in [0.5, 0.6) is 0 Å². The number of aromatic nitrogens is 1. The third-order valence-corrected chi connectivity index (χ3v) is 14.0. The Bertz CT molecular complexity index is 2050. The van der Waals surface area contributed by atoms with Crippen LogP contribution in [0.15, 0.2) is 53.6 Å². The lowest BCUT2D eigenvalue weighted by molar-refractivity contribution is -0.295. The van der Waals surface area contributed by atoms with E-state index in [9.17, 15) is 19.5 Å². The lowest BCUT2D eigenvalue weighted by Gasteiger charge is -2.49. The second-order valence-electron chi connectivity index (χ2n) is 18.3. The Hall–Kier alpha value is -4.08. The highest BCUT2D eigenvalue weighted by Crippen LogP contribution is 2.46. The minimum atomic E-state index is -1.27. The Kier molecular flexibility index (Phi) is 12.5. The molecule has 3 saturated heterocycles. The van der Waals surface area contributed by atoms with Gasteiger partial charge in [-0.15, -0.1) is 0 Å². The number of ether oxygens (including phenoxy) is 5. The van der Waals surface area contributed by atoms with E-state index in [2.05, 4.69) is 60.0 Å². The maximum absolute atomic E-state index is 14.4. The number of nitrogens with zero attached hydrogens (tertiary/aromatic N) is 5. The number of carbonyl (C=O) groups is 3. The molecule has 60 heavy (non-hydrogen) atoms. The monoisotopic (exact) mass is 831 g/mol. The molecule has 4 aliphatic rings. The lowest BCUT2D eigenvalue weighted by atomic mass is 9.73. The van der Waals surface area contributed by atoms with Crippen molar-refractivity contribution in [3.63, 3.8) is 0 Å². The minimum Gasteiger partial charge on any atom is -0.457 e. The normalized spacial score (nSPS) is 36.7. The van der Waals surface area contributed by atoms with E-state index in [4.69, 9.17) is 28.8 Å². The Labute approximate surface area is 354 Å². The van der Waals surface area contributed by atoms with Crippen molar-refractivity contribution in [3.05, 3.63) is 48.5 Å². The molecule has 2 aromatic carbocycles. The molecular weight excluding hydrogens is 767 g/mol. The summed E-state index contributed by atoms with van der Waals surface area (Å²) in [6.45, 7) is 16.0. The number of hydrogen-bond acceptors (Lipinski definition) is 12. The van der Waals surface area contributed by atoms with Gasteiger partial charge in [-0.05, 0) is 85.5 Å². The number of carbonyl (C=O) groups excluding carboxylic acids is 3. The first kappa shape index (κ1) is 44.0. The summed E-state index contributed by atoms with van der Waals surface area (Å²) in [7, 11) is 5.40. The van der Waals surface area contributed by atoms with E-state index in [1.807, 2.05) is 53.6 Å². The van der Waals surface area contributed by atoms with Crippen molar-refractivity contribution in [2.45, 2.75) is 142 Å². The molecule has 5 heterocycles. The topological polar surface area (TPSA) is 145 Å². The average Bonchev–Trinajstić information content (AvgIpc) is 3.70. The molecule has 1 aromatic heterocycles. The molecule has 0 saturated carbocycles. The quantitative estimate of drug-likeness (QED) is 0.189. The zero-order chi connectivity index (χ0) is 43.4. The maximum atomic E-state index is 14.4. The second-order valence-corrected chi connectivity index (χ2v) is 18.3. The molecule has 4 aliphatic heterocycles. The van der Waals surface area contributed by atoms with E-state index in [-0.39, 0.29) is 24.0 Å². The Morgan fingerprint density at radius 2 is 1.57 bits per heavy atom. The Morgan fingerprint density at radius 3 is 2.17 bits per heavy atom. The predicted molar refractivity (Wildman–Crippen MR) is 228 cm³/mol. The molecule has 14 heteroatoms. The number of aliphatic hydroxyl groups excluding tert-OH is 1. The van der Waals surface area contributed by atoms with Crippen LogP contribution in [0, 0.1) is 23.7 Å². The molecule has 0 aliphatic carbocycles. The van der Waals surface area contributed by atoms with Crippen molar-refractivity contribution in [3.8, 4) is 0 Å². The van der Waals surface area contributed by atoms with Crippen LogP contribution < -0.4 is 0 Å². The summed E-state index contributed by atoms with van der Waals surface area (Å²) in [4.78, 5) is 44.6. The largest absolute Gasteiger partial charge is 0.457 e. The number of esters is 1. The smallest absolute Gasteiger partial charge is 0.431 e. The second kappa shape index (κ2) is 17.0. The highest BCUT2D eigenvalue weighted by molar-refractivity contribution is 6.08. The number of rotatable bonds is 9. The first-order valence-electron chi connectivity index (χ1n) is 21.7. The van der Waals surface area contributed by atoms with Crippen molar-refractivity contribution < 1.29 is 43.2 Å². The van der Waals surface area contributed by atoms with E-state index in [0.29, 0.717) is 38.8 Å². The molecule has 3 aromatic rings. The van der Waals surface area contributed by atoms with Gasteiger partial charge in [-0.25, -0.2) is 4.79 Å². The van der Waals surface area contributed by atoms with Crippen molar-refractivity contribution in [2.75, 3.05) is 27.7 Å². The Balaban J connectivity index is 1.28. The van der Waals surface area contributed by atoms with Crippen LogP contribution in [0.3, 0.4) is 0 Å². The highest BCUT2D eigenvalue weighted by Gasteiger charge is 2.63. The number of hydrogen-bond donors (Lipinski definition) is 1. The summed E-state index contributed by atoms with van der Waals surface area (Å²) in [5.41, 5.74) is 0.687. The van der Waals surface area contributed by atoms with Gasteiger partial charge in [0.2, 0.25) is 0 Å². The molecule has 3 fully saturated rings. The van der Waals surface area contributed by atoms with Crippen LogP contribution in [0.4, 0.5) is 4.79 Å². The molecule has 1 N–H and O–H groups in total. The number of hydrazone groups is 1. The average molecular weight is 832 g/mol. The summed E-state index contributed by atoms with van der Waals surface area (Å²) in [6, 6.07) is 15.9. The number of ketones is 1. The Morgan fingerprint density at radius 1 is 0.933 bits per heavy atom. The molecule has 1 unspecified atom stereocenters. The van der Waals surface area contributed by atoms with Gasteiger partial charge in [0, 0.05) is 59.0 Å². The summed E-state index contributed by atoms with van der Waals surface area (Å²) < 4.78 is 34.3. The molecule has 7 rings (SSSR count). The van der Waals surface area contributed by atoms with Crippen LogP contribution in [0.25, 0.3) is 21.8 Å². The lowest BCUT2D eigenvalue weighted by Crippen LogP contribution is -2.63. The van der Waals surface area contributed by atoms with Gasteiger partial charge in [0.05, 0.1) is 24.4 Å². The van der Waals surface area contributed by atoms with Crippen LogP contribution in [0.1, 0.15) is 81.1 Å². The number of aliphatic hydroxyl groups is 1. The number of benzene rings is 2. The summed E-state index contributed by atoms with van der Waals surface area (Å²) >= 11 is 0. The fourth-order valence-corrected chi connectivity index (χ4v) is 10.7. The third kappa shape index (κ3) is 7.60. The number of para-hydroxylation sites is 2. The van der Waals surface area contributed by atoms with Crippen molar-refractivity contribution in [2.24, 2.45) is 28.8 Å². The van der Waals surface area contributed by atoms with Gasteiger partial charge >= 0.3 is 12.1 Å². The van der Waals surface area contributed by atoms with E-state index in [1.54, 1.807) is 31.1 Å². The van der Waals surface area contributed by atoms with Crippen LogP contribution in [-0.4, -0.2) is 130 Å². The fourth-order valence-electron chi connectivity index (χ4n) is 10.7. The van der Waals surface area contributed by atoms with E-state index in [1.165, 1.54) is 10.8 Å². The summed E-state index contributed by atoms with van der Waals surface area (Å²) in [5.74, 6) is -3.76. The molecule has 0 spiro atoms. The number of cyclic esters (lactones) is 1. The standard InChI is InChI=1S/C46H65N5O9/c1-12-36-46(8)40-28(4)37(47-50(51(40)44(55)60-46)23-17-22-49-33-20-15-13-18-31(33)32-19-14-16-21-34(32)49)26(2)25-45(7,56-11)41(29(5)38(52)30(6)42(54)58-36)59-43-39(53)35(48(9)10)24-27(3)57-43/h13-16,18-21,26-30,35-36,39-41,43,53H,12,17,22-25H2,1-11H3/t26-,27+,28-,29+,30-,35-,36+,39+,40-,41-,43-,45?,46-/m1/s1. The van der Waals surface area contributed by atoms with Crippen LogP contribution >= 0.6 is 0 Å². The number of likely N-dealkylation sites (N-methyl/N-ethyl adjacent to an activating group) is 1. The highest BCUT2D eigenvalue weighted by atomic mass is 16.7. The minimum absolute atomic E-state index is 0.227. The molecular formula is C46H65N5O9. The number of methoxy groups -OCH3 is 1. The summed E-state index contributed by atoms with van der Waals surface area (Å²) in [6.07, 6.45) is -2.74. The van der Waals surface area contributed by atoms with Gasteiger partial charge in [-0.3, -0.25) is 9.59 Å². The predicted octanol–water partition coefficient (Wildman–Crippen LogP) is 6.41. The SMILES string of the molecule is CC[C@@H]1OC(=O)[C@H](C)C(=O)[C@H](C)[C@@H](O[C@H]2O[C@@H](C)C[C@@H](N(C)C)[C@@H]2O)C(C)(OC)C[C@@H](C)C2=NN(CCCn3c4ccccc4c4ccccc43)N3C(=O)O[C@@]1(C)[C@H]3[C@@H]2C. The van der Waals surface area contributed by atoms with E-state index >= 15 is 0 Å². The van der Waals surface area contributed by atoms with Gasteiger partial charge in [0.25, 0.3) is 0 Å². The van der Waals surface area contributed by atoms with Gasteiger partial charge in [-0.2, -0.15) is 15.2 Å². The number of aryl methyl sites for hydroxylation is 1. The van der Waals surface area contributed by atoms with Gasteiger partial charge < -0.3 is 38.3 Å². The number of hydrazine groups is 1. The molecule has 328 valence electrons. The third-order valence-electron chi connectivity index (χ3n) is 14.0. The maximum Gasteiger partial charge on any atom is 0.431 e. The van der Waals surface area contributed by atoms with Crippen molar-refractivity contribution in [1.82, 2.24) is 19.6 Å². The van der Waals surface area contributed by atoms with E-state index < -0.39 is 71.5 Å². The molecule has 2 bridgehead atoms. The van der Waals surface area contributed by atoms with Crippen LogP contribution in [0.2, 0.25) is 0 Å². The number of Topliss-reactive ketones (excluding diaryl/α,β-unsaturated/α-hetero) is 1. The number of amides is 1. The summed E-state index contributed by atoms with van der Waals surface area (Å²) in [5, 5.41) is 22.6. The van der Waals surface area contributed by atoms with Gasteiger partial charge in [0.15, 0.2) is 17.7 Å². The molecule has 13 atom stereocenters. The van der Waals surface area contributed by atoms with Gasteiger partial charge in [-0.1, -0.05) is 64.1 Å². The molecule has 14 nitrogen and oxygen atoms in total. The number of fused-ring (bicyclic) bond motifs is 4. The fraction of sp³-hybridized carbons (Fsp3) is 0.652. The molecule has 0 radical (unpaired) electrons.